The lowest BCUT2D eigenvalue weighted by Gasteiger charge is -2.38. The van der Waals surface area contributed by atoms with Crippen molar-refractivity contribution in [2.24, 2.45) is 0 Å². The molecule has 3 amide bonds. The van der Waals surface area contributed by atoms with Gasteiger partial charge in [0.15, 0.2) is 0 Å². The number of hydrogen-bond donors (Lipinski definition) is 3. The number of carbonyl (C=O) groups is 2. The van der Waals surface area contributed by atoms with Crippen LogP contribution in [0.1, 0.15) is 29.8 Å². The highest BCUT2D eigenvalue weighted by Gasteiger charge is 2.30. The van der Waals surface area contributed by atoms with Crippen molar-refractivity contribution in [2.75, 3.05) is 79.9 Å². The van der Waals surface area contributed by atoms with Crippen molar-refractivity contribution in [1.82, 2.24) is 10.2 Å². The van der Waals surface area contributed by atoms with Gasteiger partial charge in [-0.1, -0.05) is 26.0 Å². The van der Waals surface area contributed by atoms with E-state index in [2.05, 4.69) is 44.5 Å². The number of urea groups is 1. The molecular weight excluding hydrogens is 573 g/mol. The minimum atomic E-state index is -4.47. The minimum Gasteiger partial charge on any atom is -0.495 e. The molecule has 1 aliphatic rings. The molecule has 0 bridgehead atoms. The summed E-state index contributed by atoms with van der Waals surface area (Å²) in [5.41, 5.74) is 1.96. The first-order valence-corrected chi connectivity index (χ1v) is 14.7. The third-order valence-corrected chi connectivity index (χ3v) is 7.62. The van der Waals surface area contributed by atoms with Gasteiger partial charge in [-0.3, -0.25) is 4.79 Å². The fraction of sp³-hybridized carbons (Fsp3) is 0.375. The molecule has 1 fully saturated rings. The minimum absolute atomic E-state index is 0.203. The molecule has 3 N–H and O–H groups in total. The van der Waals surface area contributed by atoms with Gasteiger partial charge in [-0.2, -0.15) is 13.2 Å². The molecule has 1 aliphatic heterocycles. The van der Waals surface area contributed by atoms with Gasteiger partial charge >= 0.3 is 12.2 Å². The van der Waals surface area contributed by atoms with Gasteiger partial charge < -0.3 is 35.4 Å². The van der Waals surface area contributed by atoms with Gasteiger partial charge in [0.2, 0.25) is 0 Å². The van der Waals surface area contributed by atoms with Crippen molar-refractivity contribution in [1.29, 1.82) is 0 Å². The third-order valence-electron chi connectivity index (χ3n) is 7.62. The lowest BCUT2D eigenvalue weighted by atomic mass is 10.1. The Morgan fingerprint density at radius 2 is 1.43 bits per heavy atom. The Balaban J connectivity index is 1.49. The molecule has 0 saturated carbocycles. The Morgan fingerprint density at radius 1 is 0.841 bits per heavy atom. The summed E-state index contributed by atoms with van der Waals surface area (Å²) < 4.78 is 44.2. The Bertz CT molecular complexity index is 1410. The topological polar surface area (TPSA) is 89.2 Å². The highest BCUT2D eigenvalue weighted by Crippen LogP contribution is 2.32. The van der Waals surface area contributed by atoms with E-state index in [0.29, 0.717) is 37.4 Å². The quantitative estimate of drug-likeness (QED) is 0.255. The average Bonchev–Trinajstić information content (AvgIpc) is 3.03. The lowest BCUT2D eigenvalue weighted by molar-refractivity contribution is -0.137. The molecule has 9 nitrogen and oxygen atoms in total. The van der Waals surface area contributed by atoms with Crippen LogP contribution in [-0.2, 0) is 6.18 Å². The van der Waals surface area contributed by atoms with Crippen LogP contribution in [0.4, 0.5) is 40.7 Å². The predicted molar refractivity (Wildman–Crippen MR) is 168 cm³/mol. The van der Waals surface area contributed by atoms with Gasteiger partial charge in [0, 0.05) is 56.3 Å². The van der Waals surface area contributed by atoms with Gasteiger partial charge in [-0.05, 0) is 67.7 Å². The summed E-state index contributed by atoms with van der Waals surface area (Å²) in [5.74, 6) is 0.547. The number of amides is 3. The maximum atomic E-state index is 13.5. The molecule has 4 rings (SSSR count). The molecule has 0 atom stereocenters. The van der Waals surface area contributed by atoms with Crippen LogP contribution in [0, 0.1) is 0 Å². The second-order valence-electron chi connectivity index (χ2n) is 10.3. The summed E-state index contributed by atoms with van der Waals surface area (Å²) >= 11 is 0. The van der Waals surface area contributed by atoms with Crippen molar-refractivity contribution < 1.29 is 27.5 Å². The molecule has 1 saturated heterocycles. The van der Waals surface area contributed by atoms with Crippen molar-refractivity contribution in [3.8, 4) is 5.75 Å². The first-order chi connectivity index (χ1) is 21.1. The Labute approximate surface area is 256 Å². The van der Waals surface area contributed by atoms with E-state index in [1.807, 2.05) is 30.3 Å². The highest BCUT2D eigenvalue weighted by atomic mass is 19.4. The summed E-state index contributed by atoms with van der Waals surface area (Å²) in [6, 6.07) is 16.5. The van der Waals surface area contributed by atoms with Crippen LogP contribution in [0.25, 0.3) is 0 Å². The number of benzene rings is 3. The number of nitrogens with one attached hydrogen (secondary N) is 3. The van der Waals surface area contributed by atoms with Gasteiger partial charge in [0.25, 0.3) is 5.91 Å². The molecule has 44 heavy (non-hydrogen) atoms. The summed E-state index contributed by atoms with van der Waals surface area (Å²) in [4.78, 5) is 32.8. The number of piperazine rings is 1. The second-order valence-corrected chi connectivity index (χ2v) is 10.3. The Kier molecular flexibility index (Phi) is 10.9. The van der Waals surface area contributed by atoms with E-state index in [1.54, 1.807) is 19.2 Å². The van der Waals surface area contributed by atoms with Crippen molar-refractivity contribution in [3.05, 3.63) is 77.9 Å². The van der Waals surface area contributed by atoms with E-state index >= 15 is 0 Å². The monoisotopic (exact) mass is 612 g/mol. The van der Waals surface area contributed by atoms with E-state index in [-0.39, 0.29) is 11.6 Å². The van der Waals surface area contributed by atoms with E-state index in [4.69, 9.17) is 4.74 Å². The number of anilines is 4. The molecule has 0 aromatic heterocycles. The van der Waals surface area contributed by atoms with Crippen LogP contribution in [-0.4, -0.2) is 76.3 Å². The lowest BCUT2D eigenvalue weighted by Crippen LogP contribution is -2.47. The zero-order chi connectivity index (χ0) is 31.7. The second kappa shape index (κ2) is 14.8. The number of ether oxygens (including phenoxy) is 1. The first-order valence-electron chi connectivity index (χ1n) is 14.7. The van der Waals surface area contributed by atoms with Gasteiger partial charge in [-0.15, -0.1) is 0 Å². The van der Waals surface area contributed by atoms with Crippen LogP contribution in [0.5, 0.6) is 5.75 Å². The molecule has 3 aromatic carbocycles. The van der Waals surface area contributed by atoms with Crippen LogP contribution in [0.3, 0.4) is 0 Å². The molecule has 3 aromatic rings. The maximum absolute atomic E-state index is 13.5. The third kappa shape index (κ3) is 8.34. The molecular formula is C32H39F3N6O3. The highest BCUT2D eigenvalue weighted by molar-refractivity contribution is 6.04. The first kappa shape index (κ1) is 32.5. The number of para-hydroxylation sites is 2. The van der Waals surface area contributed by atoms with Crippen LogP contribution < -0.4 is 30.5 Å². The van der Waals surface area contributed by atoms with E-state index in [9.17, 15) is 22.8 Å². The van der Waals surface area contributed by atoms with Crippen LogP contribution in [0.2, 0.25) is 0 Å². The summed E-state index contributed by atoms with van der Waals surface area (Å²) in [6.07, 6.45) is -4.47. The number of rotatable bonds is 11. The van der Waals surface area contributed by atoms with E-state index < -0.39 is 17.8 Å². The maximum Gasteiger partial charge on any atom is 0.416 e. The number of carbonyl (C=O) groups excluding carboxylic acids is 2. The van der Waals surface area contributed by atoms with Crippen molar-refractivity contribution in [3.63, 3.8) is 0 Å². The summed E-state index contributed by atoms with van der Waals surface area (Å²) in [6.45, 7) is 9.84. The molecule has 0 spiro atoms. The molecule has 0 unspecified atom stereocenters. The van der Waals surface area contributed by atoms with Gasteiger partial charge in [-0.25, -0.2) is 4.79 Å². The van der Waals surface area contributed by atoms with Crippen molar-refractivity contribution in [2.45, 2.75) is 20.0 Å². The zero-order valence-electron chi connectivity index (χ0n) is 25.2. The number of methoxy groups -OCH3 is 1. The standard InChI is InChI=1S/C32H39F3N6O3/c1-4-39(5-2)17-16-36-30(42)26-22-25(38-31(43)37-24-12-10-23(11-13-24)32(33,34)35)14-15-27(26)40-18-20-41(21-19-40)28-8-6-7-9-29(28)44-3/h6-15,22H,4-5,16-21H2,1-3H3,(H,36,42)(H2,37,38,43). The molecule has 0 radical (unpaired) electrons. The molecule has 12 heteroatoms. The SMILES string of the molecule is CCN(CC)CCNC(=O)c1cc(NC(=O)Nc2ccc(C(F)(F)F)cc2)ccc1N1CCN(c2ccccc2OC)CC1. The fourth-order valence-electron chi connectivity index (χ4n) is 5.15. The zero-order valence-corrected chi connectivity index (χ0v) is 25.2. The molecule has 0 aliphatic carbocycles. The summed E-state index contributed by atoms with van der Waals surface area (Å²) in [7, 11) is 1.65. The summed E-state index contributed by atoms with van der Waals surface area (Å²) in [5, 5.41) is 8.24. The average molecular weight is 613 g/mol. The Morgan fingerprint density at radius 3 is 2.05 bits per heavy atom. The van der Waals surface area contributed by atoms with Gasteiger partial charge in [0.05, 0.1) is 23.9 Å². The largest absolute Gasteiger partial charge is 0.495 e. The number of alkyl halides is 3. The number of hydrogen-bond acceptors (Lipinski definition) is 6. The van der Waals surface area contributed by atoms with E-state index in [0.717, 1.165) is 55.4 Å². The molecule has 1 heterocycles. The molecule has 236 valence electrons. The van der Waals surface area contributed by atoms with Gasteiger partial charge in [0.1, 0.15) is 5.75 Å². The smallest absolute Gasteiger partial charge is 0.416 e. The normalized spacial score (nSPS) is 13.5. The van der Waals surface area contributed by atoms with Crippen molar-refractivity contribution >= 4 is 34.7 Å². The van der Waals surface area contributed by atoms with Crippen LogP contribution in [0.15, 0.2) is 66.7 Å². The number of halogens is 3. The number of nitrogens with zero attached hydrogens (tertiary/aromatic N) is 3. The predicted octanol–water partition coefficient (Wildman–Crippen LogP) is 5.76. The Hall–Kier alpha value is -4.45. The number of likely N-dealkylation sites (N-methyl/N-ethyl adjacent to an activating group) is 1. The fourth-order valence-corrected chi connectivity index (χ4v) is 5.15. The van der Waals surface area contributed by atoms with E-state index in [1.165, 1.54) is 12.1 Å². The van der Waals surface area contributed by atoms with Crippen LogP contribution >= 0.6 is 0 Å².